The molecule has 0 saturated heterocycles. The number of ether oxygens (including phenoxy) is 5. The van der Waals surface area contributed by atoms with Crippen molar-refractivity contribution in [3.8, 4) is 46.0 Å². The second-order valence-corrected chi connectivity index (χ2v) is 13.9. The first-order valence-electron chi connectivity index (χ1n) is 17.8. The summed E-state index contributed by atoms with van der Waals surface area (Å²) >= 11 is 0. The van der Waals surface area contributed by atoms with Gasteiger partial charge in [0.05, 0.1) is 20.3 Å². The number of pyridine rings is 1. The van der Waals surface area contributed by atoms with Crippen molar-refractivity contribution in [2.75, 3.05) is 34.4 Å². The van der Waals surface area contributed by atoms with E-state index in [9.17, 15) is 4.79 Å². The number of nitrogens with one attached hydrogen (secondary N) is 1. The summed E-state index contributed by atoms with van der Waals surface area (Å²) < 4.78 is 31.8. The Morgan fingerprint density at radius 2 is 1.50 bits per heavy atom. The van der Waals surface area contributed by atoms with Crippen molar-refractivity contribution in [1.29, 1.82) is 0 Å². The molecule has 10 rings (SSSR count). The predicted octanol–water partition coefficient (Wildman–Crippen LogP) is 7.93. The SMILES string of the molecule is COc1ccc2cc1Oc1ccc(cc1)CC1c3c(cc(OC)c4c3Oc3cc5c(cc3O4)CCN(C(=O)NCc3ccncc3)C5C2)CCN1C. The zero-order valence-electron chi connectivity index (χ0n) is 29.5. The van der Waals surface area contributed by atoms with Crippen molar-refractivity contribution >= 4 is 6.03 Å². The molecule has 0 saturated carbocycles. The Hall–Kier alpha value is -5.74. The predicted molar refractivity (Wildman–Crippen MR) is 195 cm³/mol. The normalized spacial score (nSPS) is 18.3. The molecule has 5 aliphatic heterocycles. The third-order valence-corrected chi connectivity index (χ3v) is 10.8. The largest absolute Gasteiger partial charge is 0.493 e. The monoisotopic (exact) mass is 696 g/mol. The van der Waals surface area contributed by atoms with E-state index in [-0.39, 0.29) is 18.1 Å². The first-order chi connectivity index (χ1) is 25.4. The van der Waals surface area contributed by atoms with Crippen LogP contribution in [-0.2, 0) is 32.2 Å². The average Bonchev–Trinajstić information content (AvgIpc) is 3.17. The van der Waals surface area contributed by atoms with Crippen LogP contribution in [0.15, 0.2) is 85.2 Å². The van der Waals surface area contributed by atoms with E-state index in [0.29, 0.717) is 71.9 Å². The first-order valence-corrected chi connectivity index (χ1v) is 17.8. The van der Waals surface area contributed by atoms with E-state index in [1.165, 1.54) is 11.1 Å². The fraction of sp³-hybridized carbons (Fsp3) is 0.286. The van der Waals surface area contributed by atoms with Crippen molar-refractivity contribution in [3.05, 3.63) is 124 Å². The maximum absolute atomic E-state index is 14.0. The van der Waals surface area contributed by atoms with Gasteiger partial charge in [0.15, 0.2) is 34.5 Å². The van der Waals surface area contributed by atoms with E-state index in [2.05, 4.69) is 52.6 Å². The van der Waals surface area contributed by atoms with E-state index < -0.39 is 0 Å². The molecule has 0 aliphatic carbocycles. The van der Waals surface area contributed by atoms with Crippen LogP contribution < -0.4 is 29.0 Å². The minimum absolute atomic E-state index is 0.0425. The Bertz CT molecular complexity index is 2170. The van der Waals surface area contributed by atoms with Crippen LogP contribution in [0.1, 0.15) is 51.0 Å². The third kappa shape index (κ3) is 5.73. The lowest BCUT2D eigenvalue weighted by Gasteiger charge is -2.39. The molecular formula is C42H40N4O6. The molecule has 5 aliphatic rings. The number of rotatable bonds is 4. The van der Waals surface area contributed by atoms with Crippen LogP contribution >= 0.6 is 0 Å². The summed E-state index contributed by atoms with van der Waals surface area (Å²) in [5.74, 6) is 5.19. The van der Waals surface area contributed by atoms with Crippen molar-refractivity contribution in [3.63, 3.8) is 0 Å². The highest BCUT2D eigenvalue weighted by Crippen LogP contribution is 2.56. The van der Waals surface area contributed by atoms with Gasteiger partial charge in [0.25, 0.3) is 0 Å². The second kappa shape index (κ2) is 13.1. The van der Waals surface area contributed by atoms with Gasteiger partial charge in [-0.1, -0.05) is 18.2 Å². The smallest absolute Gasteiger partial charge is 0.318 e. The lowest BCUT2D eigenvalue weighted by molar-refractivity contribution is 0.168. The first kappa shape index (κ1) is 32.2. The van der Waals surface area contributed by atoms with Gasteiger partial charge in [-0.25, -0.2) is 4.79 Å². The minimum atomic E-state index is -0.297. The molecule has 0 fully saturated rings. The van der Waals surface area contributed by atoms with Crippen LogP contribution in [-0.4, -0.2) is 55.2 Å². The molecule has 264 valence electrons. The summed E-state index contributed by atoms with van der Waals surface area (Å²) in [7, 11) is 5.49. The molecule has 2 atom stereocenters. The van der Waals surface area contributed by atoms with Crippen molar-refractivity contribution < 1.29 is 28.5 Å². The summed E-state index contributed by atoms with van der Waals surface area (Å²) in [5, 5.41) is 3.15. The number of nitrogens with zero attached hydrogens (tertiary/aromatic N) is 3. The average molecular weight is 697 g/mol. The summed E-state index contributed by atoms with van der Waals surface area (Å²) in [6.45, 7) is 1.84. The highest BCUT2D eigenvalue weighted by atomic mass is 16.6. The van der Waals surface area contributed by atoms with Gasteiger partial charge in [-0.2, -0.15) is 0 Å². The van der Waals surface area contributed by atoms with Gasteiger partial charge in [-0.3, -0.25) is 9.88 Å². The number of hydrogen-bond acceptors (Lipinski definition) is 8. The zero-order valence-corrected chi connectivity index (χ0v) is 29.5. The second-order valence-electron chi connectivity index (χ2n) is 13.9. The molecule has 5 aromatic rings. The molecule has 1 N–H and O–H groups in total. The summed E-state index contributed by atoms with van der Waals surface area (Å²) in [6.07, 6.45) is 6.31. The van der Waals surface area contributed by atoms with Crippen LogP contribution in [0.2, 0.25) is 0 Å². The van der Waals surface area contributed by atoms with E-state index in [4.69, 9.17) is 23.7 Å². The van der Waals surface area contributed by atoms with Crippen LogP contribution in [0.4, 0.5) is 4.79 Å². The molecule has 2 amide bonds. The lowest BCUT2D eigenvalue weighted by Crippen LogP contribution is -2.46. The van der Waals surface area contributed by atoms with Crippen LogP contribution in [0.25, 0.3) is 0 Å². The number of fused-ring (bicyclic) bond motifs is 2. The number of methoxy groups -OCH3 is 2. The van der Waals surface area contributed by atoms with Gasteiger partial charge in [0.1, 0.15) is 5.75 Å². The molecule has 7 bridgehead atoms. The van der Waals surface area contributed by atoms with Crippen molar-refractivity contribution in [2.24, 2.45) is 0 Å². The lowest BCUT2D eigenvalue weighted by atomic mass is 9.86. The van der Waals surface area contributed by atoms with E-state index in [1.807, 2.05) is 47.4 Å². The molecule has 52 heavy (non-hydrogen) atoms. The maximum Gasteiger partial charge on any atom is 0.318 e. The number of carbonyl (C=O) groups excluding carboxylic acids is 1. The quantitative estimate of drug-likeness (QED) is 0.199. The highest BCUT2D eigenvalue weighted by molar-refractivity contribution is 5.76. The van der Waals surface area contributed by atoms with E-state index in [0.717, 1.165) is 47.2 Å². The topological polar surface area (TPSA) is 94.6 Å². The van der Waals surface area contributed by atoms with E-state index >= 15 is 0 Å². The van der Waals surface area contributed by atoms with Gasteiger partial charge >= 0.3 is 6.03 Å². The Morgan fingerprint density at radius 1 is 0.769 bits per heavy atom. The van der Waals surface area contributed by atoms with Gasteiger partial charge in [0.2, 0.25) is 5.75 Å². The Labute approximate surface area is 302 Å². The number of carbonyl (C=O) groups is 1. The molecule has 10 nitrogen and oxygen atoms in total. The molecule has 6 heterocycles. The van der Waals surface area contributed by atoms with Gasteiger partial charge in [-0.15, -0.1) is 0 Å². The van der Waals surface area contributed by atoms with Gasteiger partial charge < -0.3 is 33.9 Å². The van der Waals surface area contributed by atoms with Crippen LogP contribution in [0, 0.1) is 0 Å². The molecule has 2 unspecified atom stereocenters. The molecule has 10 heteroatoms. The fourth-order valence-corrected chi connectivity index (χ4v) is 8.06. The number of aromatic nitrogens is 1. The Morgan fingerprint density at radius 3 is 2.31 bits per heavy atom. The Balaban J connectivity index is 1.19. The number of urea groups is 1. The summed E-state index contributed by atoms with van der Waals surface area (Å²) in [6, 6.07) is 24.0. The fourth-order valence-electron chi connectivity index (χ4n) is 8.06. The third-order valence-electron chi connectivity index (χ3n) is 10.8. The molecule has 0 radical (unpaired) electrons. The summed E-state index contributed by atoms with van der Waals surface area (Å²) in [5.41, 5.74) is 7.61. The van der Waals surface area contributed by atoms with Crippen molar-refractivity contribution in [2.45, 2.75) is 44.3 Å². The Kier molecular flexibility index (Phi) is 8.11. The molecule has 0 spiro atoms. The number of amides is 2. The zero-order chi connectivity index (χ0) is 35.3. The van der Waals surface area contributed by atoms with Crippen LogP contribution in [0.5, 0.6) is 46.0 Å². The number of benzene rings is 4. The highest BCUT2D eigenvalue weighted by Gasteiger charge is 2.38. The molecular weight excluding hydrogens is 656 g/mol. The minimum Gasteiger partial charge on any atom is -0.493 e. The number of likely N-dealkylation sites (N-methyl/N-ethyl adjacent to an activating group) is 1. The number of hydrogen-bond donors (Lipinski definition) is 1. The maximum atomic E-state index is 14.0. The standard InChI is InChI=1S/C42H40N4O6/c1-45-16-12-29-22-38(49-3)40-41-39(29)33(45)18-25-4-7-30(8-5-25)50-35-20-27(6-9-34(35)48-2)19-32-31-23-37(52-41)36(51-40)21-28(31)13-17-46(32)42(47)44-24-26-10-14-43-15-11-26/h4-11,14-15,20-23,32-33H,12-13,16-19,24H2,1-3H3,(H,44,47). The van der Waals surface area contributed by atoms with Gasteiger partial charge in [-0.05, 0) is 121 Å². The van der Waals surface area contributed by atoms with Gasteiger partial charge in [0, 0.05) is 43.6 Å². The van der Waals surface area contributed by atoms with E-state index in [1.54, 1.807) is 26.6 Å². The molecule has 4 aromatic carbocycles. The van der Waals surface area contributed by atoms with Crippen molar-refractivity contribution in [1.82, 2.24) is 20.1 Å². The molecule has 1 aromatic heterocycles. The van der Waals surface area contributed by atoms with Crippen LogP contribution in [0.3, 0.4) is 0 Å². The summed E-state index contributed by atoms with van der Waals surface area (Å²) in [4.78, 5) is 22.5.